The Labute approximate surface area is 493 Å². The van der Waals surface area contributed by atoms with Crippen molar-refractivity contribution in [2.45, 2.75) is 102 Å². The Bertz CT molecular complexity index is 3040. The van der Waals surface area contributed by atoms with Crippen molar-refractivity contribution in [1.29, 1.82) is 0 Å². The van der Waals surface area contributed by atoms with Crippen LogP contribution in [0.15, 0.2) is 109 Å². The number of amides is 2. The monoisotopic (exact) mass is 1260 g/mol. The molecule has 2 saturated heterocycles. The van der Waals surface area contributed by atoms with Gasteiger partial charge in [0.1, 0.15) is 23.7 Å². The summed E-state index contributed by atoms with van der Waals surface area (Å²) in [7, 11) is 0. The van der Waals surface area contributed by atoms with Gasteiger partial charge in [0.05, 0.1) is 58.7 Å². The fourth-order valence-electron chi connectivity index (χ4n) is 9.87. The summed E-state index contributed by atoms with van der Waals surface area (Å²) in [4.78, 5) is 59.5. The lowest BCUT2D eigenvalue weighted by Gasteiger charge is -2.38. The largest absolute Gasteiger partial charge is 0.461 e. The van der Waals surface area contributed by atoms with Crippen LogP contribution in [0, 0.1) is 22.5 Å². The van der Waals surface area contributed by atoms with Crippen LogP contribution in [0.3, 0.4) is 0 Å². The van der Waals surface area contributed by atoms with Gasteiger partial charge in [-0.05, 0) is 146 Å². The standard InChI is InChI=1S/C58H54F14N6O6S2/c1-53(2,45(47(79)77-21-5-7-43(77)31-13-17-39(59)18-14-31)75-51(85)73-41-25-35(55(61,62)63)23-36(26-41)56(64,65)66)29-83-49(81)33-9-11-34(12-10-33)50(82)84-30-54(3,4)46(48(80)78-22-6-8-44(78)32-15-19-40(60)20-16-32)76-52(86)74-42-27-37(57(67,68)69)24-38(28-42)58(70,71)72/h9-20,23-28,43-46H,5-8,21-22,29-30H2,1-4H3,(H2,73,75,85)(H2,74,76,86)/t43-,44-,45-,46-/m1/s1. The number of nitrogens with zero attached hydrogens (tertiary/aromatic N) is 2. The smallest absolute Gasteiger partial charge is 0.416 e. The number of likely N-dealkylation sites (tertiary alicyclic amines) is 2. The highest BCUT2D eigenvalue weighted by Crippen LogP contribution is 2.41. The molecule has 2 amide bonds. The van der Waals surface area contributed by atoms with E-state index < -0.39 is 152 Å². The fraction of sp³-hybridized carbons (Fsp3) is 0.379. The number of rotatable bonds is 16. The number of nitrogens with one attached hydrogen (secondary N) is 4. The molecule has 5 aromatic rings. The van der Waals surface area contributed by atoms with Crippen molar-refractivity contribution < 1.29 is 90.1 Å². The molecule has 28 heteroatoms. The maximum atomic E-state index is 14.6. The third kappa shape index (κ3) is 16.5. The van der Waals surface area contributed by atoms with Gasteiger partial charge in [-0.2, -0.15) is 52.7 Å². The molecule has 4 atom stereocenters. The lowest BCUT2D eigenvalue weighted by Crippen LogP contribution is -2.57. The number of carbonyl (C=O) groups is 4. The van der Waals surface area contributed by atoms with Crippen molar-refractivity contribution in [2.24, 2.45) is 10.8 Å². The number of halogens is 14. The molecule has 4 N–H and O–H groups in total. The fourth-order valence-corrected chi connectivity index (χ4v) is 10.3. The molecule has 0 spiro atoms. The summed E-state index contributed by atoms with van der Waals surface area (Å²) in [6.45, 7) is 5.00. The van der Waals surface area contributed by atoms with Crippen LogP contribution in [0.1, 0.15) is 120 Å². The minimum absolute atomic E-state index is 0.0805. The van der Waals surface area contributed by atoms with E-state index >= 15 is 0 Å². The molecule has 0 bridgehead atoms. The highest BCUT2D eigenvalue weighted by Gasteiger charge is 2.46. The number of benzene rings is 5. The Hall–Kier alpha value is -7.62. The van der Waals surface area contributed by atoms with Gasteiger partial charge in [0.25, 0.3) is 0 Å². The summed E-state index contributed by atoms with van der Waals surface area (Å²) < 4.78 is 204. The van der Waals surface area contributed by atoms with Gasteiger partial charge in [-0.25, -0.2) is 18.4 Å². The van der Waals surface area contributed by atoms with E-state index in [1.54, 1.807) is 0 Å². The molecule has 0 unspecified atom stereocenters. The summed E-state index contributed by atoms with van der Waals surface area (Å²) in [6.07, 6.45) is -19.0. The second kappa shape index (κ2) is 25.8. The van der Waals surface area contributed by atoms with E-state index in [0.29, 0.717) is 61.1 Å². The van der Waals surface area contributed by atoms with Crippen LogP contribution in [0.2, 0.25) is 0 Å². The van der Waals surface area contributed by atoms with Gasteiger partial charge in [0, 0.05) is 35.3 Å². The van der Waals surface area contributed by atoms with Crippen LogP contribution in [-0.2, 0) is 43.8 Å². The Morgan fingerprint density at radius 2 is 0.779 bits per heavy atom. The van der Waals surface area contributed by atoms with Crippen molar-refractivity contribution in [3.8, 4) is 0 Å². The van der Waals surface area contributed by atoms with Crippen LogP contribution in [0.4, 0.5) is 72.8 Å². The Kier molecular flexibility index (Phi) is 19.7. The average Bonchev–Trinajstić information content (AvgIpc) is 4.05. The molecule has 5 aromatic carbocycles. The summed E-state index contributed by atoms with van der Waals surface area (Å²) in [6, 6.07) is 12.6. The van der Waals surface area contributed by atoms with Crippen molar-refractivity contribution in [2.75, 3.05) is 36.9 Å². The summed E-state index contributed by atoms with van der Waals surface area (Å²) in [5.74, 6) is -4.46. The van der Waals surface area contributed by atoms with E-state index in [9.17, 15) is 80.6 Å². The van der Waals surface area contributed by atoms with E-state index in [2.05, 4.69) is 21.3 Å². The lowest BCUT2D eigenvalue weighted by molar-refractivity contribution is -0.144. The molecular weight excluding hydrogens is 1210 g/mol. The predicted molar refractivity (Wildman–Crippen MR) is 294 cm³/mol. The summed E-state index contributed by atoms with van der Waals surface area (Å²) in [5, 5.41) is 8.86. The number of anilines is 2. The van der Waals surface area contributed by atoms with Gasteiger partial charge in [-0.3, -0.25) is 9.59 Å². The molecule has 7 rings (SSSR count). The number of hydrogen-bond acceptors (Lipinski definition) is 8. The third-order valence-electron chi connectivity index (χ3n) is 14.4. The molecule has 86 heavy (non-hydrogen) atoms. The molecular formula is C58H54F14N6O6S2. The van der Waals surface area contributed by atoms with Gasteiger partial charge >= 0.3 is 36.6 Å². The van der Waals surface area contributed by atoms with Gasteiger partial charge in [0.2, 0.25) is 11.8 Å². The first-order valence-electron chi connectivity index (χ1n) is 26.2. The third-order valence-corrected chi connectivity index (χ3v) is 14.8. The highest BCUT2D eigenvalue weighted by atomic mass is 32.1. The van der Waals surface area contributed by atoms with Crippen LogP contribution in [-0.4, -0.2) is 82.2 Å². The zero-order valence-electron chi connectivity index (χ0n) is 45.8. The average molecular weight is 1260 g/mol. The predicted octanol–water partition coefficient (Wildman–Crippen LogP) is 13.8. The first-order chi connectivity index (χ1) is 39.9. The van der Waals surface area contributed by atoms with E-state index in [1.165, 1.54) is 110 Å². The van der Waals surface area contributed by atoms with Crippen molar-refractivity contribution in [3.05, 3.63) is 165 Å². The zero-order valence-corrected chi connectivity index (χ0v) is 47.4. The zero-order chi connectivity index (χ0) is 63.5. The van der Waals surface area contributed by atoms with Crippen LogP contribution < -0.4 is 21.3 Å². The van der Waals surface area contributed by atoms with E-state index in [0.717, 1.165) is 0 Å². The summed E-state index contributed by atoms with van der Waals surface area (Å²) in [5.41, 5.74) is -10.2. The first kappa shape index (κ1) is 65.9. The van der Waals surface area contributed by atoms with Gasteiger partial charge in [0.15, 0.2) is 10.2 Å². The SMILES string of the molecule is CC(C)(COC(=O)c1ccc(C(=O)OCC(C)(C)[C@H](NC(=S)Nc2cc(C(F)(F)F)cc(C(F)(F)F)c2)C(=O)N2CCC[C@@H]2c2ccc(F)cc2)cc1)[C@H](NC(=S)Nc1cc(C(F)(F)F)cc(C(F)(F)F)c1)C(=O)N1CCC[C@@H]1c1ccc(F)cc1. The number of ether oxygens (including phenoxy) is 2. The van der Waals surface area contributed by atoms with Crippen molar-refractivity contribution in [1.82, 2.24) is 20.4 Å². The first-order valence-corrected chi connectivity index (χ1v) is 27.0. The minimum Gasteiger partial charge on any atom is -0.461 e. The number of alkyl halides is 12. The normalized spacial score (nSPS) is 16.7. The van der Waals surface area contributed by atoms with Gasteiger partial charge < -0.3 is 40.5 Å². The number of carbonyl (C=O) groups excluding carboxylic acids is 4. The van der Waals surface area contributed by atoms with Crippen molar-refractivity contribution >= 4 is 69.8 Å². The van der Waals surface area contributed by atoms with Gasteiger partial charge in [-0.15, -0.1) is 0 Å². The maximum absolute atomic E-state index is 14.6. The number of hydrogen-bond donors (Lipinski definition) is 4. The Balaban J connectivity index is 1.07. The second-order valence-electron chi connectivity index (χ2n) is 21.8. The Morgan fingerprint density at radius 1 is 0.488 bits per heavy atom. The molecule has 0 aliphatic carbocycles. The second-order valence-corrected chi connectivity index (χ2v) is 22.7. The molecule has 12 nitrogen and oxygen atoms in total. The van der Waals surface area contributed by atoms with E-state index in [1.807, 2.05) is 0 Å². The van der Waals surface area contributed by atoms with Crippen molar-refractivity contribution in [3.63, 3.8) is 0 Å². The number of esters is 2. The van der Waals surface area contributed by atoms with Crippen LogP contribution in [0.25, 0.3) is 0 Å². The van der Waals surface area contributed by atoms with Crippen LogP contribution in [0.5, 0.6) is 0 Å². The topological polar surface area (TPSA) is 141 Å². The van der Waals surface area contributed by atoms with Crippen LogP contribution >= 0.6 is 24.4 Å². The number of thiocarbonyl (C=S) groups is 2. The molecule has 2 fully saturated rings. The molecule has 0 aromatic heterocycles. The molecule has 2 aliphatic rings. The summed E-state index contributed by atoms with van der Waals surface area (Å²) >= 11 is 10.7. The lowest BCUT2D eigenvalue weighted by atomic mass is 9.84. The Morgan fingerprint density at radius 3 is 1.06 bits per heavy atom. The molecule has 0 saturated carbocycles. The quantitative estimate of drug-likeness (QED) is 0.0425. The van der Waals surface area contributed by atoms with Gasteiger partial charge in [-0.1, -0.05) is 52.0 Å². The molecule has 462 valence electrons. The molecule has 2 heterocycles. The maximum Gasteiger partial charge on any atom is 0.416 e. The minimum atomic E-state index is -5.20. The molecule has 0 radical (unpaired) electrons. The van der Waals surface area contributed by atoms with E-state index in [4.69, 9.17) is 33.9 Å². The van der Waals surface area contributed by atoms with E-state index in [-0.39, 0.29) is 36.3 Å². The molecule has 2 aliphatic heterocycles. The highest BCUT2D eigenvalue weighted by molar-refractivity contribution is 7.80.